The van der Waals surface area contributed by atoms with Gasteiger partial charge in [-0.1, -0.05) is 18.2 Å². The molecule has 2 aliphatic heterocycles. The molecule has 2 saturated heterocycles. The molecular weight excluding hydrogens is 379 g/mol. The lowest BCUT2D eigenvalue weighted by Gasteiger charge is -2.42. The van der Waals surface area contributed by atoms with Crippen molar-refractivity contribution in [3.8, 4) is 0 Å². The zero-order valence-electron chi connectivity index (χ0n) is 16.7. The number of carbonyl (C=O) groups is 1. The Labute approximate surface area is 167 Å². The molecule has 0 spiro atoms. The number of nitrogens with zero attached hydrogens (tertiary/aromatic N) is 1. The Morgan fingerprint density at radius 1 is 1.25 bits per heavy atom. The summed E-state index contributed by atoms with van der Waals surface area (Å²) < 4.78 is 30.4. The Hall–Kier alpha value is -1.24. The van der Waals surface area contributed by atoms with E-state index in [4.69, 9.17) is 19.5 Å². The van der Waals surface area contributed by atoms with Crippen LogP contribution in [0.3, 0.4) is 0 Å². The summed E-state index contributed by atoms with van der Waals surface area (Å²) in [5.74, 6) is -0.760. The molecule has 0 amide bonds. The summed E-state index contributed by atoms with van der Waals surface area (Å²) in [5, 5.41) is 0.499. The van der Waals surface area contributed by atoms with Crippen molar-refractivity contribution < 1.29 is 23.1 Å². The predicted molar refractivity (Wildman–Crippen MR) is 107 cm³/mol. The van der Waals surface area contributed by atoms with Crippen molar-refractivity contribution in [1.82, 2.24) is 4.90 Å². The largest absolute Gasteiger partial charge is 0.465 e. The van der Waals surface area contributed by atoms with E-state index in [1.165, 1.54) is 7.11 Å². The second-order valence-electron chi connectivity index (χ2n) is 7.55. The Bertz CT molecular complexity index is 701. The third-order valence-corrected chi connectivity index (χ3v) is 7.88. The number of piperidine rings is 1. The molecule has 156 valence electrons. The summed E-state index contributed by atoms with van der Waals surface area (Å²) in [6.45, 7) is 0.924. The highest BCUT2D eigenvalue weighted by Gasteiger charge is 2.52. The van der Waals surface area contributed by atoms with E-state index in [0.29, 0.717) is 30.9 Å². The highest BCUT2D eigenvalue weighted by molar-refractivity contribution is 7.62. The zero-order chi connectivity index (χ0) is 20.1. The van der Waals surface area contributed by atoms with Gasteiger partial charge in [-0.05, 0) is 57.8 Å². The van der Waals surface area contributed by atoms with Crippen molar-refractivity contribution in [2.75, 3.05) is 27.3 Å². The van der Waals surface area contributed by atoms with Crippen molar-refractivity contribution in [1.29, 1.82) is 0 Å². The molecule has 28 heavy (non-hydrogen) atoms. The van der Waals surface area contributed by atoms with Gasteiger partial charge in [0.05, 0.1) is 23.9 Å². The van der Waals surface area contributed by atoms with Gasteiger partial charge in [-0.2, -0.15) is 0 Å². The highest BCUT2D eigenvalue weighted by atomic mass is 31.2. The quantitative estimate of drug-likeness (QED) is 0.379. The van der Waals surface area contributed by atoms with Crippen molar-refractivity contribution in [3.63, 3.8) is 0 Å². The molecule has 8 heteroatoms. The van der Waals surface area contributed by atoms with Gasteiger partial charge >= 0.3 is 13.6 Å². The van der Waals surface area contributed by atoms with Crippen LogP contribution in [0.4, 0.5) is 0 Å². The molecule has 0 radical (unpaired) electrons. The van der Waals surface area contributed by atoms with E-state index in [1.54, 1.807) is 24.3 Å². The fourth-order valence-corrected chi connectivity index (χ4v) is 5.88. The third kappa shape index (κ3) is 4.50. The number of nitrogens with two attached hydrogens (primary N) is 1. The molecule has 2 bridgehead atoms. The van der Waals surface area contributed by atoms with Crippen LogP contribution in [-0.4, -0.2) is 56.4 Å². The van der Waals surface area contributed by atoms with Crippen LogP contribution < -0.4 is 11.0 Å². The van der Waals surface area contributed by atoms with Gasteiger partial charge in [0.2, 0.25) is 0 Å². The maximum atomic E-state index is 13.4. The fourth-order valence-electron chi connectivity index (χ4n) is 4.35. The molecule has 1 aromatic rings. The monoisotopic (exact) mass is 410 g/mol. The molecule has 5 atom stereocenters. The van der Waals surface area contributed by atoms with Crippen LogP contribution in [0.5, 0.6) is 0 Å². The van der Waals surface area contributed by atoms with E-state index in [-0.39, 0.29) is 12.0 Å². The normalized spacial score (nSPS) is 29.4. The van der Waals surface area contributed by atoms with E-state index in [2.05, 4.69) is 4.90 Å². The number of benzene rings is 1. The minimum atomic E-state index is -3.52. The van der Waals surface area contributed by atoms with Crippen LogP contribution in [0.1, 0.15) is 32.1 Å². The maximum absolute atomic E-state index is 13.4. The van der Waals surface area contributed by atoms with Crippen LogP contribution in [0.2, 0.25) is 0 Å². The van der Waals surface area contributed by atoms with Gasteiger partial charge in [-0.25, -0.2) is 0 Å². The first-order valence-corrected chi connectivity index (χ1v) is 11.5. The third-order valence-electron chi connectivity index (χ3n) is 5.92. The molecule has 4 unspecified atom stereocenters. The number of hydrogen-bond acceptors (Lipinski definition) is 7. The molecular formula is C20H31N2O5P. The lowest BCUT2D eigenvalue weighted by molar-refractivity contribution is -0.158. The summed E-state index contributed by atoms with van der Waals surface area (Å²) in [7, 11) is -0.0941. The average Bonchev–Trinajstić information content (AvgIpc) is 2.95. The molecule has 1 aromatic carbocycles. The first-order chi connectivity index (χ1) is 13.5. The summed E-state index contributed by atoms with van der Waals surface area (Å²) in [4.78, 5) is 15.2. The first kappa shape index (κ1) is 21.5. The maximum Gasteiger partial charge on any atom is 0.361 e. The fraction of sp³-hybridized carbons (Fsp3) is 0.650. The first-order valence-electron chi connectivity index (χ1n) is 9.98. The standard InChI is InChI=1S/C20H31N2O5P/c1-22-15-10-11-17(22)19(20(23)26-13-7-6-12-21)18(14-15)27-28(24,25-2)16-8-4-3-5-9-16/h3-5,8-9,15,17-19H,6-7,10-14,21H2,1-2H3/t15?,17?,18?,19-,28?/m1/s1. The Morgan fingerprint density at radius 3 is 2.68 bits per heavy atom. The van der Waals surface area contributed by atoms with Gasteiger partial charge < -0.3 is 19.5 Å². The summed E-state index contributed by atoms with van der Waals surface area (Å²) in [6.07, 6.45) is 3.60. The van der Waals surface area contributed by atoms with Gasteiger partial charge in [-0.15, -0.1) is 0 Å². The average molecular weight is 410 g/mol. The van der Waals surface area contributed by atoms with Crippen LogP contribution in [0.15, 0.2) is 30.3 Å². The van der Waals surface area contributed by atoms with Gasteiger partial charge in [0, 0.05) is 19.2 Å². The number of fused-ring (bicyclic) bond motifs is 2. The van der Waals surface area contributed by atoms with Crippen LogP contribution in [0, 0.1) is 5.92 Å². The zero-order valence-corrected chi connectivity index (χ0v) is 17.6. The number of hydrogen-bond donors (Lipinski definition) is 1. The van der Waals surface area contributed by atoms with Gasteiger partial charge in [0.15, 0.2) is 0 Å². The molecule has 0 aliphatic carbocycles. The lowest BCUT2D eigenvalue weighted by Crippen LogP contribution is -2.53. The topological polar surface area (TPSA) is 91.1 Å². The molecule has 0 aromatic heterocycles. The van der Waals surface area contributed by atoms with Crippen molar-refractivity contribution >= 4 is 18.9 Å². The summed E-state index contributed by atoms with van der Waals surface area (Å²) in [6, 6.07) is 9.25. The molecule has 0 saturated carbocycles. The van der Waals surface area contributed by atoms with Crippen LogP contribution in [0.25, 0.3) is 0 Å². The lowest BCUT2D eigenvalue weighted by atomic mass is 9.88. The van der Waals surface area contributed by atoms with Crippen molar-refractivity contribution in [2.24, 2.45) is 11.7 Å². The Morgan fingerprint density at radius 2 is 2.00 bits per heavy atom. The Kier molecular flexibility index (Phi) is 7.29. The summed E-state index contributed by atoms with van der Waals surface area (Å²) in [5.41, 5.74) is 5.51. The molecule has 2 N–H and O–H groups in total. The Balaban J connectivity index is 1.78. The molecule has 7 nitrogen and oxygen atoms in total. The van der Waals surface area contributed by atoms with Crippen LogP contribution >= 0.6 is 7.60 Å². The van der Waals surface area contributed by atoms with Crippen molar-refractivity contribution in [2.45, 2.75) is 50.3 Å². The highest BCUT2D eigenvalue weighted by Crippen LogP contribution is 2.52. The van der Waals surface area contributed by atoms with Crippen LogP contribution in [-0.2, 0) is 23.1 Å². The minimum absolute atomic E-state index is 0.0341. The molecule has 2 fully saturated rings. The molecule has 2 heterocycles. The second kappa shape index (κ2) is 9.51. The van der Waals surface area contributed by atoms with Gasteiger partial charge in [0.1, 0.15) is 0 Å². The van der Waals surface area contributed by atoms with Gasteiger partial charge in [0.25, 0.3) is 0 Å². The van der Waals surface area contributed by atoms with Gasteiger partial charge in [-0.3, -0.25) is 14.3 Å². The number of unbranched alkanes of at least 4 members (excludes halogenated alkanes) is 1. The number of esters is 1. The number of ether oxygens (including phenoxy) is 1. The van der Waals surface area contributed by atoms with E-state index in [0.717, 1.165) is 25.7 Å². The van der Waals surface area contributed by atoms with E-state index in [1.807, 2.05) is 13.1 Å². The second-order valence-corrected chi connectivity index (χ2v) is 9.64. The SMILES string of the molecule is COP(=O)(OC1CC2CCC([C@H]1C(=O)OCCCCN)N2C)c1ccccc1. The van der Waals surface area contributed by atoms with E-state index in [9.17, 15) is 9.36 Å². The predicted octanol–water partition coefficient (Wildman–Crippen LogP) is 2.30. The minimum Gasteiger partial charge on any atom is -0.465 e. The smallest absolute Gasteiger partial charge is 0.361 e. The van der Waals surface area contributed by atoms with E-state index >= 15 is 0 Å². The van der Waals surface area contributed by atoms with Crippen molar-refractivity contribution in [3.05, 3.63) is 30.3 Å². The molecule has 2 aliphatic rings. The molecule has 3 rings (SSSR count). The number of rotatable bonds is 9. The van der Waals surface area contributed by atoms with E-state index < -0.39 is 19.6 Å². The number of carbonyl (C=O) groups excluding carboxylic acids is 1. The summed E-state index contributed by atoms with van der Waals surface area (Å²) >= 11 is 0.